The number of ether oxygens (including phenoxy) is 1. The summed E-state index contributed by atoms with van der Waals surface area (Å²) in [6.07, 6.45) is 10.5. The van der Waals surface area contributed by atoms with Crippen molar-refractivity contribution >= 4 is 34.7 Å². The summed E-state index contributed by atoms with van der Waals surface area (Å²) in [6, 6.07) is 5.33. The fourth-order valence-electron chi connectivity index (χ4n) is 4.36. The molecular formula is C24H33Cl2N5O. The highest BCUT2D eigenvalue weighted by atomic mass is 35.5. The summed E-state index contributed by atoms with van der Waals surface area (Å²) in [5, 5.41) is 11.7. The van der Waals surface area contributed by atoms with Crippen molar-refractivity contribution in [3.8, 4) is 11.1 Å². The Morgan fingerprint density at radius 3 is 2.47 bits per heavy atom. The quantitative estimate of drug-likeness (QED) is 0.385. The molecule has 32 heavy (non-hydrogen) atoms. The summed E-state index contributed by atoms with van der Waals surface area (Å²) in [5.74, 6) is 1.60. The monoisotopic (exact) mass is 477 g/mol. The third-order valence-corrected chi connectivity index (χ3v) is 6.89. The fourth-order valence-corrected chi connectivity index (χ4v) is 4.77. The minimum atomic E-state index is 0.378. The van der Waals surface area contributed by atoms with E-state index < -0.39 is 0 Å². The number of aromatic nitrogens is 2. The first-order valence-electron chi connectivity index (χ1n) is 11.6. The van der Waals surface area contributed by atoms with Gasteiger partial charge < -0.3 is 20.7 Å². The van der Waals surface area contributed by atoms with Gasteiger partial charge in [0.05, 0.1) is 23.5 Å². The molecule has 4 rings (SSSR count). The summed E-state index contributed by atoms with van der Waals surface area (Å²) in [4.78, 5) is 8.89. The van der Waals surface area contributed by atoms with Crippen LogP contribution in [0, 0.1) is 5.92 Å². The summed E-state index contributed by atoms with van der Waals surface area (Å²) in [7, 11) is 1.75. The number of rotatable bonds is 10. The van der Waals surface area contributed by atoms with Crippen molar-refractivity contribution in [3.63, 3.8) is 0 Å². The van der Waals surface area contributed by atoms with Crippen molar-refractivity contribution in [1.82, 2.24) is 15.3 Å². The first-order valence-corrected chi connectivity index (χ1v) is 12.3. The van der Waals surface area contributed by atoms with Crippen LogP contribution >= 0.6 is 23.2 Å². The van der Waals surface area contributed by atoms with Crippen molar-refractivity contribution < 1.29 is 4.74 Å². The van der Waals surface area contributed by atoms with Gasteiger partial charge in [-0.15, -0.1) is 0 Å². The highest BCUT2D eigenvalue weighted by Gasteiger charge is 2.23. The summed E-state index contributed by atoms with van der Waals surface area (Å²) in [5.41, 5.74) is 2.63. The Labute approximate surface area is 200 Å². The molecule has 2 aromatic rings. The SMILES string of the molecule is COC[C@@H](C)NC1CCC(Nc2cc(-c3cc(NCC4CC4)cnc3Cl)c(Cl)cn2)CC1. The highest BCUT2D eigenvalue weighted by molar-refractivity contribution is 6.36. The summed E-state index contributed by atoms with van der Waals surface area (Å²) in [6.45, 7) is 3.88. The van der Waals surface area contributed by atoms with Crippen molar-refractivity contribution in [2.75, 3.05) is 30.9 Å². The predicted octanol–water partition coefficient (Wildman–Crippen LogP) is 5.62. The maximum atomic E-state index is 6.51. The molecule has 0 bridgehead atoms. The van der Waals surface area contributed by atoms with Gasteiger partial charge in [-0.25, -0.2) is 9.97 Å². The maximum absolute atomic E-state index is 6.51. The molecular weight excluding hydrogens is 445 g/mol. The van der Waals surface area contributed by atoms with Crippen molar-refractivity contribution in [1.29, 1.82) is 0 Å². The van der Waals surface area contributed by atoms with E-state index in [4.69, 9.17) is 27.9 Å². The van der Waals surface area contributed by atoms with E-state index in [0.717, 1.165) is 67.4 Å². The molecule has 8 heteroatoms. The molecule has 2 aliphatic rings. The van der Waals surface area contributed by atoms with Crippen molar-refractivity contribution in [2.45, 2.75) is 63.6 Å². The van der Waals surface area contributed by atoms with Gasteiger partial charge in [-0.1, -0.05) is 23.2 Å². The van der Waals surface area contributed by atoms with Crippen LogP contribution < -0.4 is 16.0 Å². The lowest BCUT2D eigenvalue weighted by atomic mass is 9.90. The van der Waals surface area contributed by atoms with Crippen LogP contribution in [-0.4, -0.2) is 48.4 Å². The number of hydrogen-bond donors (Lipinski definition) is 3. The van der Waals surface area contributed by atoms with Crippen LogP contribution in [0.4, 0.5) is 11.5 Å². The normalized spacial score (nSPS) is 21.9. The lowest BCUT2D eigenvalue weighted by Gasteiger charge is -2.32. The summed E-state index contributed by atoms with van der Waals surface area (Å²) < 4.78 is 5.23. The van der Waals surface area contributed by atoms with Crippen LogP contribution in [0.15, 0.2) is 24.5 Å². The molecule has 0 aromatic carbocycles. The van der Waals surface area contributed by atoms with Gasteiger partial charge in [0, 0.05) is 49.1 Å². The first-order chi connectivity index (χ1) is 15.5. The Morgan fingerprint density at radius 1 is 1.00 bits per heavy atom. The Kier molecular flexibility index (Phi) is 8.11. The second-order valence-electron chi connectivity index (χ2n) is 9.15. The van der Waals surface area contributed by atoms with Gasteiger partial charge >= 0.3 is 0 Å². The van der Waals surface area contributed by atoms with E-state index in [2.05, 4.69) is 32.8 Å². The number of hydrogen-bond acceptors (Lipinski definition) is 6. The molecule has 0 unspecified atom stereocenters. The fraction of sp³-hybridized carbons (Fsp3) is 0.583. The standard InChI is InChI=1S/C24H33Cl2N5O/c1-15(14-32-2)30-17-5-7-18(8-6-17)31-23-10-20(22(25)13-28-23)21-9-19(12-29-24(21)26)27-11-16-3-4-16/h9-10,12-13,15-18,27,30H,3-8,11,14H2,1-2H3,(H,28,31)/t15-,17?,18?/m1/s1. The van der Waals surface area contributed by atoms with E-state index in [-0.39, 0.29) is 0 Å². The van der Waals surface area contributed by atoms with Crippen LogP contribution in [0.3, 0.4) is 0 Å². The minimum absolute atomic E-state index is 0.378. The number of nitrogens with one attached hydrogen (secondary N) is 3. The van der Waals surface area contributed by atoms with E-state index in [1.165, 1.54) is 12.8 Å². The van der Waals surface area contributed by atoms with Gasteiger partial charge in [0.15, 0.2) is 0 Å². The smallest absolute Gasteiger partial charge is 0.137 e. The van der Waals surface area contributed by atoms with E-state index in [1.54, 1.807) is 19.5 Å². The minimum Gasteiger partial charge on any atom is -0.384 e. The average Bonchev–Trinajstić information content (AvgIpc) is 3.61. The second kappa shape index (κ2) is 11.0. The second-order valence-corrected chi connectivity index (χ2v) is 9.92. The topological polar surface area (TPSA) is 71.1 Å². The van der Waals surface area contributed by atoms with E-state index in [1.807, 2.05) is 12.1 Å². The lowest BCUT2D eigenvalue weighted by Crippen LogP contribution is -2.42. The average molecular weight is 478 g/mol. The van der Waals surface area contributed by atoms with Crippen molar-refractivity contribution in [3.05, 3.63) is 34.7 Å². The first kappa shape index (κ1) is 23.6. The van der Waals surface area contributed by atoms with Crippen LogP contribution in [0.25, 0.3) is 11.1 Å². The molecule has 0 spiro atoms. The van der Waals surface area contributed by atoms with E-state index >= 15 is 0 Å². The zero-order chi connectivity index (χ0) is 22.5. The number of nitrogens with zero attached hydrogens (tertiary/aromatic N) is 2. The zero-order valence-electron chi connectivity index (χ0n) is 18.8. The van der Waals surface area contributed by atoms with E-state index in [9.17, 15) is 0 Å². The van der Waals surface area contributed by atoms with Crippen LogP contribution in [0.2, 0.25) is 10.2 Å². The summed E-state index contributed by atoms with van der Waals surface area (Å²) >= 11 is 13.0. The Bertz CT molecular complexity index is 900. The highest BCUT2D eigenvalue weighted by Crippen LogP contribution is 2.36. The molecule has 2 aliphatic carbocycles. The third kappa shape index (κ3) is 6.47. The number of methoxy groups -OCH3 is 1. The Morgan fingerprint density at radius 2 is 1.75 bits per heavy atom. The molecule has 1 atom stereocenters. The van der Waals surface area contributed by atoms with Gasteiger partial charge in [0.1, 0.15) is 11.0 Å². The van der Waals surface area contributed by atoms with Crippen molar-refractivity contribution in [2.24, 2.45) is 5.92 Å². The van der Waals surface area contributed by atoms with Crippen LogP contribution in [-0.2, 0) is 4.74 Å². The third-order valence-electron chi connectivity index (χ3n) is 6.29. The number of anilines is 2. The van der Waals surface area contributed by atoms with Crippen LogP contribution in [0.1, 0.15) is 45.4 Å². The van der Waals surface area contributed by atoms with Gasteiger partial charge in [-0.05, 0) is 63.5 Å². The molecule has 0 amide bonds. The molecule has 2 aromatic heterocycles. The molecule has 0 saturated heterocycles. The molecule has 6 nitrogen and oxygen atoms in total. The number of halogens is 2. The maximum Gasteiger partial charge on any atom is 0.137 e. The largest absolute Gasteiger partial charge is 0.384 e. The Balaban J connectivity index is 1.39. The molecule has 2 fully saturated rings. The zero-order valence-corrected chi connectivity index (χ0v) is 20.3. The molecule has 2 saturated carbocycles. The lowest BCUT2D eigenvalue weighted by molar-refractivity contribution is 0.161. The molecule has 0 aliphatic heterocycles. The van der Waals surface area contributed by atoms with Gasteiger partial charge in [-0.3, -0.25) is 0 Å². The van der Waals surface area contributed by atoms with Gasteiger partial charge in [0.2, 0.25) is 0 Å². The van der Waals surface area contributed by atoms with Crippen LogP contribution in [0.5, 0.6) is 0 Å². The van der Waals surface area contributed by atoms with Gasteiger partial charge in [-0.2, -0.15) is 0 Å². The van der Waals surface area contributed by atoms with Gasteiger partial charge in [0.25, 0.3) is 0 Å². The number of pyridine rings is 2. The molecule has 3 N–H and O–H groups in total. The Hall–Kier alpha value is -1.60. The predicted molar refractivity (Wildman–Crippen MR) is 133 cm³/mol. The van der Waals surface area contributed by atoms with E-state index in [0.29, 0.717) is 28.3 Å². The molecule has 2 heterocycles. The molecule has 0 radical (unpaired) electrons. The molecule has 174 valence electrons.